The molecule has 398 valence electrons. The Morgan fingerprint density at radius 3 is 0.958 bits per heavy atom. The molecule has 0 rings (SSSR count). The summed E-state index contributed by atoms with van der Waals surface area (Å²) < 4.78 is 16.7. The molecular formula is C65H102O6. The number of hydrogen-bond donors (Lipinski definition) is 0. The van der Waals surface area contributed by atoms with Crippen molar-refractivity contribution in [2.45, 2.75) is 232 Å². The molecule has 0 fully saturated rings. The predicted molar refractivity (Wildman–Crippen MR) is 306 cm³/mol. The van der Waals surface area contributed by atoms with Crippen LogP contribution >= 0.6 is 0 Å². The van der Waals surface area contributed by atoms with Crippen molar-refractivity contribution in [2.24, 2.45) is 0 Å². The number of allylic oxidation sites excluding steroid dienone is 23. The van der Waals surface area contributed by atoms with Crippen molar-refractivity contribution in [3.63, 3.8) is 0 Å². The zero-order valence-corrected chi connectivity index (χ0v) is 45.4. The van der Waals surface area contributed by atoms with Crippen LogP contribution < -0.4 is 0 Å². The van der Waals surface area contributed by atoms with Crippen LogP contribution in [0.4, 0.5) is 0 Å². The fourth-order valence-corrected chi connectivity index (χ4v) is 7.16. The van der Waals surface area contributed by atoms with E-state index in [0.29, 0.717) is 19.3 Å². The summed E-state index contributed by atoms with van der Waals surface area (Å²) >= 11 is 0. The Balaban J connectivity index is 4.53. The quantitative estimate of drug-likeness (QED) is 0.0262. The van der Waals surface area contributed by atoms with Crippen molar-refractivity contribution in [1.82, 2.24) is 0 Å². The molecule has 0 aromatic carbocycles. The van der Waals surface area contributed by atoms with E-state index < -0.39 is 12.1 Å². The van der Waals surface area contributed by atoms with Crippen LogP contribution in [0.25, 0.3) is 0 Å². The van der Waals surface area contributed by atoms with E-state index in [1.165, 1.54) is 70.6 Å². The number of carbonyl (C=O) groups is 3. The van der Waals surface area contributed by atoms with Crippen molar-refractivity contribution in [1.29, 1.82) is 0 Å². The van der Waals surface area contributed by atoms with E-state index in [-0.39, 0.29) is 38.0 Å². The summed E-state index contributed by atoms with van der Waals surface area (Å²) in [7, 11) is 0. The third-order valence-electron chi connectivity index (χ3n) is 11.3. The van der Waals surface area contributed by atoms with Crippen LogP contribution in [0.15, 0.2) is 146 Å². The Morgan fingerprint density at radius 2 is 0.592 bits per heavy atom. The molecule has 0 saturated heterocycles. The predicted octanol–water partition coefficient (Wildman–Crippen LogP) is 19.2. The number of carbonyl (C=O) groups excluding carboxylic acids is 3. The number of esters is 3. The van der Waals surface area contributed by atoms with Gasteiger partial charge in [0.25, 0.3) is 0 Å². The van der Waals surface area contributed by atoms with E-state index in [0.717, 1.165) is 103 Å². The summed E-state index contributed by atoms with van der Waals surface area (Å²) in [5.41, 5.74) is 0. The van der Waals surface area contributed by atoms with Gasteiger partial charge in [0, 0.05) is 12.8 Å². The monoisotopic (exact) mass is 979 g/mol. The average molecular weight is 980 g/mol. The van der Waals surface area contributed by atoms with Gasteiger partial charge in [0.15, 0.2) is 6.10 Å². The van der Waals surface area contributed by atoms with Crippen molar-refractivity contribution >= 4 is 17.9 Å². The molecular weight excluding hydrogens is 877 g/mol. The topological polar surface area (TPSA) is 78.9 Å². The van der Waals surface area contributed by atoms with E-state index in [2.05, 4.69) is 154 Å². The van der Waals surface area contributed by atoms with Crippen LogP contribution in [0, 0.1) is 0 Å². The molecule has 0 heterocycles. The molecule has 0 aromatic rings. The molecule has 1 unspecified atom stereocenters. The summed E-state index contributed by atoms with van der Waals surface area (Å²) in [6.07, 6.45) is 83.0. The third-order valence-corrected chi connectivity index (χ3v) is 11.3. The largest absolute Gasteiger partial charge is 0.462 e. The summed E-state index contributed by atoms with van der Waals surface area (Å²) in [6.45, 7) is 6.26. The smallest absolute Gasteiger partial charge is 0.310 e. The first-order chi connectivity index (χ1) is 35.0. The minimum absolute atomic E-state index is 0.0793. The van der Waals surface area contributed by atoms with E-state index >= 15 is 0 Å². The lowest BCUT2D eigenvalue weighted by Gasteiger charge is -2.18. The van der Waals surface area contributed by atoms with Crippen LogP contribution in [0.5, 0.6) is 0 Å². The van der Waals surface area contributed by atoms with Crippen LogP contribution in [0.2, 0.25) is 0 Å². The standard InChI is InChI=1S/C65H102O6/c1-4-7-10-13-16-19-22-25-28-29-30-31-32-33-34-35-38-40-43-46-49-52-55-58-64(67)70-61-62(71-65(68)59-56-53-50-47-44-41-37-27-24-21-18-15-12-9-6-3)60-69-63(66)57-54-51-48-45-42-39-36-26-23-20-17-14-11-8-5-2/h8-9,11-12,17-18,20-22,25-27,29-30,32-33,36-37,42,44-45,47,53,56,62H,4-7,10,13-16,19,23-24,28,31,34-35,38-41,43,46,48-52,54-55,57-61H2,1-3H3/b11-8-,12-9-,20-17-,21-18-,25-22-,30-29-,33-32-,36-26-,37-27-,45-42-,47-44-,56-53-. The Morgan fingerprint density at radius 1 is 0.310 bits per heavy atom. The second-order valence-corrected chi connectivity index (χ2v) is 18.1. The molecule has 0 aromatic heterocycles. The maximum Gasteiger partial charge on any atom is 0.310 e. The Bertz CT molecular complexity index is 1590. The second-order valence-electron chi connectivity index (χ2n) is 18.1. The highest BCUT2D eigenvalue weighted by atomic mass is 16.6. The highest BCUT2D eigenvalue weighted by Crippen LogP contribution is 2.13. The van der Waals surface area contributed by atoms with Crippen LogP contribution in [-0.4, -0.2) is 37.2 Å². The fourth-order valence-electron chi connectivity index (χ4n) is 7.16. The van der Waals surface area contributed by atoms with E-state index in [1.54, 1.807) is 6.08 Å². The summed E-state index contributed by atoms with van der Waals surface area (Å²) in [4.78, 5) is 38.1. The minimum Gasteiger partial charge on any atom is -0.462 e. The van der Waals surface area contributed by atoms with Crippen LogP contribution in [0.1, 0.15) is 226 Å². The van der Waals surface area contributed by atoms with Crippen molar-refractivity contribution in [3.8, 4) is 0 Å². The maximum absolute atomic E-state index is 12.8. The minimum atomic E-state index is -0.859. The van der Waals surface area contributed by atoms with Gasteiger partial charge in [0.05, 0.1) is 6.42 Å². The summed E-state index contributed by atoms with van der Waals surface area (Å²) in [5, 5.41) is 0. The number of rotatable bonds is 49. The molecule has 71 heavy (non-hydrogen) atoms. The van der Waals surface area contributed by atoms with Crippen LogP contribution in [-0.2, 0) is 28.6 Å². The van der Waals surface area contributed by atoms with Gasteiger partial charge < -0.3 is 14.2 Å². The maximum atomic E-state index is 12.8. The number of hydrogen-bond acceptors (Lipinski definition) is 6. The van der Waals surface area contributed by atoms with E-state index in [4.69, 9.17) is 14.2 Å². The van der Waals surface area contributed by atoms with E-state index in [9.17, 15) is 14.4 Å². The Labute approximate surface area is 436 Å². The zero-order valence-electron chi connectivity index (χ0n) is 45.4. The molecule has 0 aliphatic heterocycles. The third kappa shape index (κ3) is 56.1. The lowest BCUT2D eigenvalue weighted by atomic mass is 10.1. The molecule has 0 bridgehead atoms. The Hall–Kier alpha value is -4.71. The fraction of sp³-hybridized carbons (Fsp3) is 0.585. The zero-order chi connectivity index (χ0) is 51.4. The first kappa shape index (κ1) is 66.3. The van der Waals surface area contributed by atoms with Gasteiger partial charge >= 0.3 is 17.9 Å². The van der Waals surface area contributed by atoms with Gasteiger partial charge in [-0.15, -0.1) is 0 Å². The normalized spacial score (nSPS) is 13.2. The average Bonchev–Trinajstić information content (AvgIpc) is 3.37. The lowest BCUT2D eigenvalue weighted by Crippen LogP contribution is -2.30. The molecule has 6 nitrogen and oxygen atoms in total. The second kappa shape index (κ2) is 57.9. The number of ether oxygens (including phenoxy) is 3. The van der Waals surface area contributed by atoms with Crippen LogP contribution in [0.3, 0.4) is 0 Å². The Kier molecular flexibility index (Phi) is 54.0. The molecule has 0 aliphatic carbocycles. The first-order valence-electron chi connectivity index (χ1n) is 28.3. The molecule has 0 spiro atoms. The number of unbranched alkanes of at least 4 members (excludes halogenated alkanes) is 15. The highest BCUT2D eigenvalue weighted by molar-refractivity contribution is 5.72. The van der Waals surface area contributed by atoms with Gasteiger partial charge in [-0.2, -0.15) is 0 Å². The van der Waals surface area contributed by atoms with Gasteiger partial charge in [-0.3, -0.25) is 14.4 Å². The van der Waals surface area contributed by atoms with Crippen molar-refractivity contribution < 1.29 is 28.6 Å². The molecule has 0 amide bonds. The van der Waals surface area contributed by atoms with Crippen molar-refractivity contribution in [3.05, 3.63) is 146 Å². The molecule has 6 heteroatoms. The summed E-state index contributed by atoms with van der Waals surface area (Å²) in [6, 6.07) is 0. The van der Waals surface area contributed by atoms with Gasteiger partial charge in [-0.1, -0.05) is 231 Å². The molecule has 0 radical (unpaired) electrons. The van der Waals surface area contributed by atoms with Crippen molar-refractivity contribution in [2.75, 3.05) is 13.2 Å². The molecule has 0 N–H and O–H groups in total. The SMILES string of the molecule is CC/C=C\C/C=C\C/C=C\C/C=C\C/C=C\CC(=O)OC(COC(=O)CCCC/C=C\C/C=C\C/C=C\C/C=C\CC)COC(=O)CCCCCCCCCC/C=C\C/C=C\C/C=C\CCCCCCC. The molecule has 0 aliphatic rings. The van der Waals surface area contributed by atoms with Gasteiger partial charge in [-0.05, 0) is 122 Å². The van der Waals surface area contributed by atoms with Gasteiger partial charge in [0.1, 0.15) is 13.2 Å². The molecule has 1 atom stereocenters. The summed E-state index contributed by atoms with van der Waals surface area (Å²) in [5.74, 6) is -1.13. The van der Waals surface area contributed by atoms with Gasteiger partial charge in [0.2, 0.25) is 0 Å². The molecule has 0 saturated carbocycles. The lowest BCUT2D eigenvalue weighted by molar-refractivity contribution is -0.166. The first-order valence-corrected chi connectivity index (χ1v) is 28.3. The highest BCUT2D eigenvalue weighted by Gasteiger charge is 2.19. The van der Waals surface area contributed by atoms with Gasteiger partial charge in [-0.25, -0.2) is 0 Å². The van der Waals surface area contributed by atoms with E-state index in [1.807, 2.05) is 6.08 Å².